The summed E-state index contributed by atoms with van der Waals surface area (Å²) in [7, 11) is -3.68. The van der Waals surface area contributed by atoms with Gasteiger partial charge in [-0.3, -0.25) is 0 Å². The van der Waals surface area contributed by atoms with Gasteiger partial charge in [0, 0.05) is 25.0 Å². The Kier molecular flexibility index (Phi) is 4.24. The fourth-order valence-electron chi connectivity index (χ4n) is 1.68. The van der Waals surface area contributed by atoms with Crippen LogP contribution >= 0.6 is 0 Å². The lowest BCUT2D eigenvalue weighted by Gasteiger charge is -2.07. The summed E-state index contributed by atoms with van der Waals surface area (Å²) in [5.41, 5.74) is 0.730. The van der Waals surface area contributed by atoms with Crippen LogP contribution in [0.1, 0.15) is 10.5 Å². The predicted molar refractivity (Wildman–Crippen MR) is 75.5 cm³/mol. The molecular formula is C12H14N4O4S. The Morgan fingerprint density at radius 1 is 1.33 bits per heavy atom. The second-order valence-electron chi connectivity index (χ2n) is 4.30. The van der Waals surface area contributed by atoms with Gasteiger partial charge < -0.3 is 15.0 Å². The average molecular weight is 310 g/mol. The van der Waals surface area contributed by atoms with Crippen molar-refractivity contribution in [3.8, 4) is 0 Å². The van der Waals surface area contributed by atoms with Crippen molar-refractivity contribution < 1.29 is 18.3 Å². The van der Waals surface area contributed by atoms with Crippen molar-refractivity contribution in [2.24, 2.45) is 5.14 Å². The molecule has 0 radical (unpaired) electrons. The highest BCUT2D eigenvalue weighted by Gasteiger charge is 2.07. The summed E-state index contributed by atoms with van der Waals surface area (Å²) in [5.74, 6) is -1.07. The number of carboxylic acid groups (broad SMARTS) is 1. The van der Waals surface area contributed by atoms with E-state index >= 15 is 0 Å². The molecule has 112 valence electrons. The first-order valence-corrected chi connectivity index (χ1v) is 7.53. The van der Waals surface area contributed by atoms with Crippen LogP contribution in [0.15, 0.2) is 41.7 Å². The smallest absolute Gasteiger partial charge is 0.356 e. The van der Waals surface area contributed by atoms with Crippen molar-refractivity contribution in [3.63, 3.8) is 0 Å². The van der Waals surface area contributed by atoms with E-state index in [1.54, 1.807) is 16.7 Å². The third-order valence-corrected chi connectivity index (χ3v) is 3.66. The van der Waals surface area contributed by atoms with E-state index in [2.05, 4.69) is 10.3 Å². The molecule has 0 saturated heterocycles. The predicted octanol–water partition coefficient (Wildman–Crippen LogP) is 0.341. The standard InChI is InChI=1S/C12H14N4O4S/c13-21(19,20)10-3-1-9(2-4-10)14-5-6-16-7-11(12(17)18)15-8-16/h1-4,7-8,14H,5-6H2,(H,17,18)(H2,13,19,20). The summed E-state index contributed by atoms with van der Waals surface area (Å²) in [6.07, 6.45) is 2.88. The van der Waals surface area contributed by atoms with Gasteiger partial charge in [-0.05, 0) is 24.3 Å². The summed E-state index contributed by atoms with van der Waals surface area (Å²) in [6, 6.07) is 6.04. The molecule has 8 nitrogen and oxygen atoms in total. The second-order valence-corrected chi connectivity index (χ2v) is 5.86. The molecule has 0 saturated carbocycles. The van der Waals surface area contributed by atoms with E-state index < -0.39 is 16.0 Å². The van der Waals surface area contributed by atoms with Gasteiger partial charge in [-0.2, -0.15) is 0 Å². The molecule has 2 aromatic rings. The van der Waals surface area contributed by atoms with Crippen LogP contribution in [-0.2, 0) is 16.6 Å². The SMILES string of the molecule is NS(=O)(=O)c1ccc(NCCn2cnc(C(=O)O)c2)cc1. The van der Waals surface area contributed by atoms with Gasteiger partial charge in [-0.1, -0.05) is 0 Å². The molecule has 4 N–H and O–H groups in total. The minimum atomic E-state index is -3.68. The van der Waals surface area contributed by atoms with Crippen molar-refractivity contribution in [1.82, 2.24) is 9.55 Å². The fourth-order valence-corrected chi connectivity index (χ4v) is 2.20. The Balaban J connectivity index is 1.89. The number of anilines is 1. The topological polar surface area (TPSA) is 127 Å². The quantitative estimate of drug-likeness (QED) is 0.706. The molecule has 0 spiro atoms. The number of nitrogens with one attached hydrogen (secondary N) is 1. The fraction of sp³-hybridized carbons (Fsp3) is 0.167. The number of rotatable bonds is 6. The first-order valence-electron chi connectivity index (χ1n) is 5.98. The van der Waals surface area contributed by atoms with Gasteiger partial charge >= 0.3 is 5.97 Å². The van der Waals surface area contributed by atoms with Crippen LogP contribution in [-0.4, -0.2) is 35.6 Å². The third kappa shape index (κ3) is 4.04. The highest BCUT2D eigenvalue weighted by atomic mass is 32.2. The van der Waals surface area contributed by atoms with E-state index in [1.807, 2.05) is 0 Å². The minimum Gasteiger partial charge on any atom is -0.476 e. The summed E-state index contributed by atoms with van der Waals surface area (Å²) in [5, 5.41) is 16.8. The third-order valence-electron chi connectivity index (χ3n) is 2.73. The van der Waals surface area contributed by atoms with Crippen molar-refractivity contribution in [2.45, 2.75) is 11.4 Å². The summed E-state index contributed by atoms with van der Waals surface area (Å²) >= 11 is 0. The van der Waals surface area contributed by atoms with Crippen LogP contribution in [0, 0.1) is 0 Å². The van der Waals surface area contributed by atoms with Crippen molar-refractivity contribution in [2.75, 3.05) is 11.9 Å². The van der Waals surface area contributed by atoms with Crippen molar-refractivity contribution in [3.05, 3.63) is 42.5 Å². The Morgan fingerprint density at radius 3 is 2.52 bits per heavy atom. The summed E-state index contributed by atoms with van der Waals surface area (Å²) in [6.45, 7) is 1.06. The molecule has 0 bridgehead atoms. The molecule has 0 aliphatic heterocycles. The molecular weight excluding hydrogens is 296 g/mol. The van der Waals surface area contributed by atoms with E-state index in [0.29, 0.717) is 13.1 Å². The van der Waals surface area contributed by atoms with E-state index in [9.17, 15) is 13.2 Å². The molecule has 2 rings (SSSR count). The molecule has 0 aliphatic rings. The molecule has 1 aromatic carbocycles. The number of carbonyl (C=O) groups is 1. The molecule has 21 heavy (non-hydrogen) atoms. The zero-order valence-electron chi connectivity index (χ0n) is 10.9. The van der Waals surface area contributed by atoms with Crippen LogP contribution < -0.4 is 10.5 Å². The number of hydrogen-bond donors (Lipinski definition) is 3. The number of primary sulfonamides is 1. The second kappa shape index (κ2) is 5.94. The number of aromatic nitrogens is 2. The maximum Gasteiger partial charge on any atom is 0.356 e. The highest BCUT2D eigenvalue weighted by Crippen LogP contribution is 2.12. The average Bonchev–Trinajstić information content (AvgIpc) is 2.87. The first kappa shape index (κ1) is 15.0. The van der Waals surface area contributed by atoms with E-state index in [-0.39, 0.29) is 10.6 Å². The van der Waals surface area contributed by atoms with Gasteiger partial charge in [0.2, 0.25) is 10.0 Å². The molecule has 9 heteroatoms. The Morgan fingerprint density at radius 2 is 2.00 bits per heavy atom. The monoisotopic (exact) mass is 310 g/mol. The Labute approximate surface area is 121 Å². The minimum absolute atomic E-state index is 0.00694. The first-order chi connectivity index (χ1) is 9.86. The van der Waals surface area contributed by atoms with Gasteiger partial charge in [0.25, 0.3) is 0 Å². The van der Waals surface area contributed by atoms with E-state index in [0.717, 1.165) is 5.69 Å². The van der Waals surface area contributed by atoms with Gasteiger partial charge in [0.15, 0.2) is 5.69 Å². The zero-order chi connectivity index (χ0) is 15.5. The maximum atomic E-state index is 11.1. The molecule has 0 amide bonds. The van der Waals surface area contributed by atoms with Crippen molar-refractivity contribution in [1.29, 1.82) is 0 Å². The number of nitrogens with two attached hydrogens (primary N) is 1. The summed E-state index contributed by atoms with van der Waals surface area (Å²) in [4.78, 5) is 14.5. The molecule has 0 unspecified atom stereocenters. The van der Waals surface area contributed by atoms with Crippen LogP contribution in [0.3, 0.4) is 0 Å². The van der Waals surface area contributed by atoms with Crippen LogP contribution in [0.2, 0.25) is 0 Å². The van der Waals surface area contributed by atoms with E-state index in [4.69, 9.17) is 10.2 Å². The van der Waals surface area contributed by atoms with Crippen molar-refractivity contribution >= 4 is 21.7 Å². The lowest BCUT2D eigenvalue weighted by molar-refractivity contribution is 0.0691. The number of nitrogens with zero attached hydrogens (tertiary/aromatic N) is 2. The Bertz CT molecular complexity index is 737. The molecule has 0 aliphatic carbocycles. The van der Waals surface area contributed by atoms with Gasteiger partial charge in [-0.25, -0.2) is 23.3 Å². The van der Waals surface area contributed by atoms with E-state index in [1.165, 1.54) is 24.7 Å². The zero-order valence-corrected chi connectivity index (χ0v) is 11.7. The highest BCUT2D eigenvalue weighted by molar-refractivity contribution is 7.89. The number of benzene rings is 1. The number of carboxylic acids is 1. The number of aromatic carboxylic acids is 1. The number of hydrogen-bond acceptors (Lipinski definition) is 5. The van der Waals surface area contributed by atoms with Crippen LogP contribution in [0.25, 0.3) is 0 Å². The molecule has 1 aromatic heterocycles. The lowest BCUT2D eigenvalue weighted by atomic mass is 10.3. The van der Waals surface area contributed by atoms with Gasteiger partial charge in [0.1, 0.15) is 0 Å². The molecule has 0 atom stereocenters. The lowest BCUT2D eigenvalue weighted by Crippen LogP contribution is -2.12. The largest absolute Gasteiger partial charge is 0.476 e. The number of imidazole rings is 1. The van der Waals surface area contributed by atoms with Crippen LogP contribution in [0.5, 0.6) is 0 Å². The van der Waals surface area contributed by atoms with Crippen LogP contribution in [0.4, 0.5) is 5.69 Å². The molecule has 0 fully saturated rings. The van der Waals surface area contributed by atoms with Gasteiger partial charge in [0.05, 0.1) is 11.2 Å². The molecule has 1 heterocycles. The Hall–Kier alpha value is -2.39. The summed E-state index contributed by atoms with van der Waals surface area (Å²) < 4.78 is 23.8. The maximum absolute atomic E-state index is 11.1. The number of sulfonamides is 1. The normalized spacial score (nSPS) is 11.3. The van der Waals surface area contributed by atoms with Gasteiger partial charge in [-0.15, -0.1) is 0 Å².